The van der Waals surface area contributed by atoms with Gasteiger partial charge in [-0.3, -0.25) is 4.72 Å². The zero-order chi connectivity index (χ0) is 15.8. The number of hydrogen-bond donors (Lipinski definition) is 1. The maximum absolute atomic E-state index is 12.4. The molecule has 0 aliphatic rings. The van der Waals surface area contributed by atoms with Crippen LogP contribution in [-0.2, 0) is 10.0 Å². The van der Waals surface area contributed by atoms with E-state index in [0.717, 1.165) is 10.4 Å². The number of thiophene rings is 1. The van der Waals surface area contributed by atoms with Crippen molar-refractivity contribution in [2.45, 2.75) is 18.7 Å². The second-order valence-electron chi connectivity index (χ2n) is 4.28. The lowest BCUT2D eigenvalue weighted by atomic mass is 10.2. The molecule has 2 rings (SSSR count). The molecule has 0 aliphatic carbocycles. The van der Waals surface area contributed by atoms with Crippen LogP contribution >= 0.6 is 38.9 Å². The molecule has 0 aliphatic heterocycles. The molecule has 0 fully saturated rings. The van der Waals surface area contributed by atoms with E-state index < -0.39 is 10.0 Å². The van der Waals surface area contributed by atoms with Gasteiger partial charge in [0.1, 0.15) is 11.1 Å². The van der Waals surface area contributed by atoms with Gasteiger partial charge >= 0.3 is 0 Å². The van der Waals surface area contributed by atoms with Crippen LogP contribution in [0.2, 0.25) is 5.02 Å². The van der Waals surface area contributed by atoms with Gasteiger partial charge in [0.2, 0.25) is 0 Å². The van der Waals surface area contributed by atoms with E-state index in [1.54, 1.807) is 6.92 Å². The number of nitrogens with zero attached hydrogens (tertiary/aromatic N) is 1. The molecule has 0 saturated carbocycles. The first-order valence-corrected chi connectivity index (χ1v) is 9.21. The van der Waals surface area contributed by atoms with Crippen LogP contribution in [0.1, 0.15) is 16.0 Å². The van der Waals surface area contributed by atoms with Crippen molar-refractivity contribution in [3.8, 4) is 6.07 Å². The molecule has 0 spiro atoms. The first kappa shape index (κ1) is 16.3. The van der Waals surface area contributed by atoms with Crippen molar-refractivity contribution in [3.63, 3.8) is 0 Å². The van der Waals surface area contributed by atoms with Gasteiger partial charge in [-0.1, -0.05) is 11.6 Å². The Bertz CT molecular complexity index is 854. The Kier molecular flexibility index (Phi) is 4.63. The van der Waals surface area contributed by atoms with Gasteiger partial charge in [-0.25, -0.2) is 8.42 Å². The van der Waals surface area contributed by atoms with E-state index >= 15 is 0 Å². The zero-order valence-electron chi connectivity index (χ0n) is 11.1. The fraction of sp³-hybridized carbons (Fsp3) is 0.154. The third-order valence-corrected chi connectivity index (χ3v) is 6.74. The average Bonchev–Trinajstić information content (AvgIpc) is 2.66. The average molecular weight is 406 g/mol. The molecule has 2 aromatic rings. The van der Waals surface area contributed by atoms with E-state index in [1.165, 1.54) is 29.5 Å². The summed E-state index contributed by atoms with van der Waals surface area (Å²) in [6, 6.07) is 6.36. The first-order valence-electron chi connectivity index (χ1n) is 5.74. The summed E-state index contributed by atoms with van der Waals surface area (Å²) in [5.41, 5.74) is 1.14. The van der Waals surface area contributed by atoms with Gasteiger partial charge in [0, 0.05) is 9.35 Å². The lowest BCUT2D eigenvalue weighted by molar-refractivity contribution is 0.601. The maximum Gasteiger partial charge on any atom is 0.262 e. The highest BCUT2D eigenvalue weighted by molar-refractivity contribution is 9.10. The summed E-state index contributed by atoms with van der Waals surface area (Å²) in [6.07, 6.45) is 0. The molecule has 21 heavy (non-hydrogen) atoms. The number of hydrogen-bond acceptors (Lipinski definition) is 4. The molecule has 1 heterocycles. The largest absolute Gasteiger partial charge is 0.269 e. The van der Waals surface area contributed by atoms with Crippen LogP contribution in [0.15, 0.2) is 27.6 Å². The van der Waals surface area contributed by atoms with Crippen molar-refractivity contribution < 1.29 is 8.42 Å². The maximum atomic E-state index is 12.4. The summed E-state index contributed by atoms with van der Waals surface area (Å²) in [5.74, 6) is 0. The van der Waals surface area contributed by atoms with Gasteiger partial charge < -0.3 is 0 Å². The van der Waals surface area contributed by atoms with Crippen LogP contribution in [-0.4, -0.2) is 8.42 Å². The molecule has 1 aromatic heterocycles. The van der Waals surface area contributed by atoms with Crippen molar-refractivity contribution in [2.24, 2.45) is 0 Å². The molecule has 0 bridgehead atoms. The van der Waals surface area contributed by atoms with Crippen molar-refractivity contribution in [2.75, 3.05) is 4.72 Å². The number of benzene rings is 1. The zero-order valence-corrected chi connectivity index (χ0v) is 15.0. The standard InChI is InChI=1S/C13H10BrClN2O2S2/c1-7-8(2)20-13(10(7)6-16)17-21(18,19)9-3-4-12(15)11(14)5-9/h3-5,17H,1-2H3. The SMILES string of the molecule is Cc1sc(NS(=O)(=O)c2ccc(Cl)c(Br)c2)c(C#N)c1C. The minimum atomic E-state index is -3.77. The van der Waals surface area contributed by atoms with Crippen LogP contribution in [0.25, 0.3) is 0 Å². The van der Waals surface area contributed by atoms with Crippen LogP contribution in [0.3, 0.4) is 0 Å². The second-order valence-corrected chi connectivity index (χ2v) is 8.45. The van der Waals surface area contributed by atoms with E-state index in [0.29, 0.717) is 20.1 Å². The van der Waals surface area contributed by atoms with E-state index in [-0.39, 0.29) is 4.90 Å². The number of nitriles is 1. The monoisotopic (exact) mass is 404 g/mol. The molecular formula is C13H10BrClN2O2S2. The summed E-state index contributed by atoms with van der Waals surface area (Å²) in [4.78, 5) is 0.980. The molecule has 4 nitrogen and oxygen atoms in total. The van der Waals surface area contributed by atoms with E-state index in [9.17, 15) is 8.42 Å². The van der Waals surface area contributed by atoms with Gasteiger partial charge in [-0.15, -0.1) is 11.3 Å². The predicted octanol–water partition coefficient (Wildman–Crippen LogP) is 4.45. The Hall–Kier alpha value is -1.07. The first-order chi connectivity index (χ1) is 9.76. The van der Waals surface area contributed by atoms with Gasteiger partial charge in [0.05, 0.1) is 15.5 Å². The minimum Gasteiger partial charge on any atom is -0.269 e. The van der Waals surface area contributed by atoms with Crippen molar-refractivity contribution in [1.82, 2.24) is 0 Å². The van der Waals surface area contributed by atoms with Crippen LogP contribution in [0.4, 0.5) is 5.00 Å². The fourth-order valence-corrected chi connectivity index (χ4v) is 4.65. The molecule has 110 valence electrons. The minimum absolute atomic E-state index is 0.0753. The second kappa shape index (κ2) is 5.97. The van der Waals surface area contributed by atoms with Crippen molar-refractivity contribution in [3.05, 3.63) is 43.7 Å². The quantitative estimate of drug-likeness (QED) is 0.820. The Labute approximate surface area is 140 Å². The molecule has 0 amide bonds. The summed E-state index contributed by atoms with van der Waals surface area (Å²) < 4.78 is 27.7. The van der Waals surface area contributed by atoms with E-state index in [4.69, 9.17) is 16.9 Å². The van der Waals surface area contributed by atoms with Crippen LogP contribution in [0, 0.1) is 25.2 Å². The summed E-state index contributed by atoms with van der Waals surface area (Å²) in [5, 5.41) is 9.91. The number of anilines is 1. The molecule has 1 aromatic carbocycles. The van der Waals surface area contributed by atoms with E-state index in [1.807, 2.05) is 13.0 Å². The Morgan fingerprint density at radius 1 is 1.38 bits per heavy atom. The van der Waals surface area contributed by atoms with Crippen molar-refractivity contribution in [1.29, 1.82) is 5.26 Å². The lowest BCUT2D eigenvalue weighted by Gasteiger charge is -2.07. The predicted molar refractivity (Wildman–Crippen MR) is 88.5 cm³/mol. The number of nitrogens with one attached hydrogen (secondary N) is 1. The third-order valence-electron chi connectivity index (χ3n) is 2.93. The highest BCUT2D eigenvalue weighted by Gasteiger charge is 2.20. The Morgan fingerprint density at radius 2 is 2.05 bits per heavy atom. The van der Waals surface area contributed by atoms with E-state index in [2.05, 4.69) is 20.7 Å². The number of sulfonamides is 1. The molecule has 0 atom stereocenters. The number of rotatable bonds is 3. The van der Waals surface area contributed by atoms with Crippen molar-refractivity contribution >= 4 is 53.9 Å². The molecule has 0 saturated heterocycles. The molecule has 0 unspecified atom stereocenters. The van der Waals surface area contributed by atoms with Gasteiger partial charge in [-0.05, 0) is 53.5 Å². The van der Waals surface area contributed by atoms with Crippen LogP contribution in [0.5, 0.6) is 0 Å². The summed E-state index contributed by atoms with van der Waals surface area (Å²) >= 11 is 10.3. The Morgan fingerprint density at radius 3 is 2.62 bits per heavy atom. The molecule has 8 heteroatoms. The van der Waals surface area contributed by atoms with Gasteiger partial charge in [-0.2, -0.15) is 5.26 Å². The number of halogens is 2. The summed E-state index contributed by atoms with van der Waals surface area (Å²) in [6.45, 7) is 3.64. The highest BCUT2D eigenvalue weighted by Crippen LogP contribution is 2.34. The third kappa shape index (κ3) is 3.24. The summed E-state index contributed by atoms with van der Waals surface area (Å²) in [7, 11) is -3.77. The van der Waals surface area contributed by atoms with Crippen LogP contribution < -0.4 is 4.72 Å². The smallest absolute Gasteiger partial charge is 0.262 e. The Balaban J connectivity index is 2.45. The topological polar surface area (TPSA) is 70.0 Å². The highest BCUT2D eigenvalue weighted by atomic mass is 79.9. The lowest BCUT2D eigenvalue weighted by Crippen LogP contribution is -2.12. The molecule has 1 N–H and O–H groups in total. The van der Waals surface area contributed by atoms with Gasteiger partial charge in [0.15, 0.2) is 0 Å². The number of aryl methyl sites for hydroxylation is 1. The normalized spacial score (nSPS) is 11.2. The molecular weight excluding hydrogens is 396 g/mol. The fourth-order valence-electron chi connectivity index (χ4n) is 1.66. The molecule has 0 radical (unpaired) electrons. The van der Waals surface area contributed by atoms with Gasteiger partial charge in [0.25, 0.3) is 10.0 Å².